The third-order valence-electron chi connectivity index (χ3n) is 4.63. The lowest BCUT2D eigenvalue weighted by Gasteiger charge is -2.42. The first-order chi connectivity index (χ1) is 12.2. The van der Waals surface area contributed by atoms with Gasteiger partial charge in [-0.1, -0.05) is 6.07 Å². The van der Waals surface area contributed by atoms with Crippen LogP contribution in [0.1, 0.15) is 5.56 Å². The van der Waals surface area contributed by atoms with Crippen LogP contribution in [0.3, 0.4) is 0 Å². The van der Waals surface area contributed by atoms with Crippen LogP contribution in [0.15, 0.2) is 43.0 Å². The average molecular weight is 337 g/mol. The largest absolute Gasteiger partial charge is 0.370 e. The maximum atomic E-state index is 14.0. The van der Waals surface area contributed by atoms with Crippen LogP contribution >= 0.6 is 0 Å². The molecule has 0 atom stereocenters. The van der Waals surface area contributed by atoms with Gasteiger partial charge in [0, 0.05) is 49.4 Å². The summed E-state index contributed by atoms with van der Waals surface area (Å²) in [7, 11) is 0. The summed E-state index contributed by atoms with van der Waals surface area (Å²) in [5.41, 5.74) is 10.3. The van der Waals surface area contributed by atoms with Crippen LogP contribution in [-0.2, 0) is 0 Å². The zero-order chi connectivity index (χ0) is 17.4. The summed E-state index contributed by atoms with van der Waals surface area (Å²) in [6.07, 6.45) is 7.11. The van der Waals surface area contributed by atoms with E-state index in [4.69, 9.17) is 5.73 Å². The first kappa shape index (κ1) is 15.8. The number of halogens is 1. The highest BCUT2D eigenvalue weighted by Crippen LogP contribution is 2.40. The number of rotatable bonds is 4. The van der Waals surface area contributed by atoms with Crippen LogP contribution < -0.4 is 10.6 Å². The Hall–Kier alpha value is -2.73. The van der Waals surface area contributed by atoms with Crippen LogP contribution in [0.4, 0.5) is 10.1 Å². The van der Waals surface area contributed by atoms with Crippen molar-refractivity contribution in [2.75, 3.05) is 24.5 Å². The monoisotopic (exact) mass is 337 g/mol. The van der Waals surface area contributed by atoms with Gasteiger partial charge in [-0.2, -0.15) is 0 Å². The van der Waals surface area contributed by atoms with Crippen molar-refractivity contribution in [1.82, 2.24) is 15.0 Å². The Labute approximate surface area is 145 Å². The molecule has 6 heteroatoms. The minimum absolute atomic E-state index is 0.243. The summed E-state index contributed by atoms with van der Waals surface area (Å²) in [6, 6.07) is 5.07. The zero-order valence-corrected chi connectivity index (χ0v) is 14.0. The average Bonchev–Trinajstić information content (AvgIpc) is 3.07. The first-order valence-corrected chi connectivity index (χ1v) is 8.36. The van der Waals surface area contributed by atoms with Gasteiger partial charge in [0.15, 0.2) is 0 Å². The van der Waals surface area contributed by atoms with E-state index in [0.717, 1.165) is 46.9 Å². The van der Waals surface area contributed by atoms with Crippen LogP contribution in [0.2, 0.25) is 0 Å². The van der Waals surface area contributed by atoms with Gasteiger partial charge >= 0.3 is 0 Å². The standard InChI is InChI=1S/C19H20FN5/c1-12-4-14(6-15(20)5-12)16-8-22-9-17(19-23-2-3-24-19)18(16)25-10-13(7-21)11-25/h2-6,8-9,13H,7,10-11,21H2,1H3,(H,23,24). The molecule has 0 aliphatic carbocycles. The van der Waals surface area contributed by atoms with Gasteiger partial charge in [-0.15, -0.1) is 0 Å². The molecule has 1 aliphatic heterocycles. The minimum atomic E-state index is -0.243. The Morgan fingerprint density at radius 1 is 1.24 bits per heavy atom. The highest BCUT2D eigenvalue weighted by Gasteiger charge is 2.30. The van der Waals surface area contributed by atoms with Crippen molar-refractivity contribution in [3.8, 4) is 22.5 Å². The Morgan fingerprint density at radius 3 is 2.72 bits per heavy atom. The fraction of sp³-hybridized carbons (Fsp3) is 0.263. The van der Waals surface area contributed by atoms with Gasteiger partial charge in [-0.25, -0.2) is 9.37 Å². The van der Waals surface area contributed by atoms with Gasteiger partial charge in [0.25, 0.3) is 0 Å². The van der Waals surface area contributed by atoms with E-state index in [2.05, 4.69) is 19.9 Å². The van der Waals surface area contributed by atoms with Crippen LogP contribution in [0.5, 0.6) is 0 Å². The molecule has 1 fully saturated rings. The number of hydrogen-bond acceptors (Lipinski definition) is 4. The molecule has 3 aromatic rings. The Morgan fingerprint density at radius 2 is 2.04 bits per heavy atom. The number of pyridine rings is 1. The first-order valence-electron chi connectivity index (χ1n) is 8.36. The molecule has 1 saturated heterocycles. The van der Waals surface area contributed by atoms with Gasteiger partial charge < -0.3 is 15.6 Å². The molecule has 0 bridgehead atoms. The molecule has 25 heavy (non-hydrogen) atoms. The highest BCUT2D eigenvalue weighted by molar-refractivity contribution is 5.89. The highest BCUT2D eigenvalue weighted by atomic mass is 19.1. The lowest BCUT2D eigenvalue weighted by Crippen LogP contribution is -2.50. The fourth-order valence-electron chi connectivity index (χ4n) is 3.38. The lowest BCUT2D eigenvalue weighted by molar-refractivity contribution is 0.421. The van der Waals surface area contributed by atoms with Crippen LogP contribution in [0, 0.1) is 18.7 Å². The number of imidazole rings is 1. The molecule has 3 N–H and O–H groups in total. The van der Waals surface area contributed by atoms with Gasteiger partial charge in [-0.05, 0) is 36.7 Å². The number of aryl methyl sites for hydroxylation is 1. The van der Waals surface area contributed by atoms with Crippen molar-refractivity contribution in [3.05, 3.63) is 54.4 Å². The maximum absolute atomic E-state index is 14.0. The predicted molar refractivity (Wildman–Crippen MR) is 96.7 cm³/mol. The molecular formula is C19H20FN5. The molecule has 5 nitrogen and oxygen atoms in total. The quantitative estimate of drug-likeness (QED) is 0.768. The molecule has 3 heterocycles. The molecular weight excluding hydrogens is 317 g/mol. The normalized spacial score (nSPS) is 14.6. The van der Waals surface area contributed by atoms with E-state index < -0.39 is 0 Å². The molecule has 0 amide bonds. The number of hydrogen-bond donors (Lipinski definition) is 2. The summed E-state index contributed by atoms with van der Waals surface area (Å²) in [5.74, 6) is 1.00. The van der Waals surface area contributed by atoms with Gasteiger partial charge in [0.2, 0.25) is 0 Å². The van der Waals surface area contributed by atoms with Gasteiger partial charge in [0.1, 0.15) is 11.6 Å². The second-order valence-electron chi connectivity index (χ2n) is 6.54. The lowest BCUT2D eigenvalue weighted by atomic mass is 9.94. The van der Waals surface area contributed by atoms with E-state index in [-0.39, 0.29) is 5.82 Å². The van der Waals surface area contributed by atoms with E-state index in [9.17, 15) is 4.39 Å². The number of nitrogens with two attached hydrogens (primary N) is 1. The molecule has 0 spiro atoms. The van der Waals surface area contributed by atoms with Crippen LogP contribution in [-0.4, -0.2) is 34.6 Å². The van der Waals surface area contributed by atoms with Gasteiger partial charge in [0.05, 0.1) is 11.3 Å². The van der Waals surface area contributed by atoms with Crippen molar-refractivity contribution in [2.45, 2.75) is 6.92 Å². The summed E-state index contributed by atoms with van der Waals surface area (Å²) in [6.45, 7) is 4.33. The number of H-pyrrole nitrogens is 1. The second-order valence-corrected chi connectivity index (χ2v) is 6.54. The van der Waals surface area contributed by atoms with E-state index in [1.165, 1.54) is 6.07 Å². The van der Waals surface area contributed by atoms with E-state index in [0.29, 0.717) is 12.5 Å². The molecule has 0 saturated carbocycles. The number of aromatic nitrogens is 3. The van der Waals surface area contributed by atoms with Crippen molar-refractivity contribution in [3.63, 3.8) is 0 Å². The molecule has 128 valence electrons. The molecule has 4 rings (SSSR count). The van der Waals surface area contributed by atoms with E-state index in [1.54, 1.807) is 30.9 Å². The number of benzene rings is 1. The topological polar surface area (TPSA) is 70.8 Å². The third kappa shape index (κ3) is 2.89. The summed E-state index contributed by atoms with van der Waals surface area (Å²) in [5, 5.41) is 0. The van der Waals surface area contributed by atoms with Crippen LogP contribution in [0.25, 0.3) is 22.5 Å². The molecule has 0 radical (unpaired) electrons. The minimum Gasteiger partial charge on any atom is -0.370 e. The molecule has 1 aliphatic rings. The number of nitrogens with zero attached hydrogens (tertiary/aromatic N) is 3. The molecule has 2 aromatic heterocycles. The number of nitrogens with one attached hydrogen (secondary N) is 1. The van der Waals surface area contributed by atoms with E-state index in [1.807, 2.05) is 13.0 Å². The Balaban J connectivity index is 1.87. The number of anilines is 1. The zero-order valence-electron chi connectivity index (χ0n) is 14.0. The maximum Gasteiger partial charge on any atom is 0.140 e. The second kappa shape index (κ2) is 6.29. The predicted octanol–water partition coefficient (Wildman–Crippen LogP) is 2.98. The third-order valence-corrected chi connectivity index (χ3v) is 4.63. The Kier molecular flexibility index (Phi) is 3.97. The van der Waals surface area contributed by atoms with Crippen molar-refractivity contribution >= 4 is 5.69 Å². The smallest absolute Gasteiger partial charge is 0.140 e. The van der Waals surface area contributed by atoms with Crippen molar-refractivity contribution in [1.29, 1.82) is 0 Å². The summed E-state index contributed by atoms with van der Waals surface area (Å²) in [4.78, 5) is 14.2. The summed E-state index contributed by atoms with van der Waals surface area (Å²) < 4.78 is 14.0. The van der Waals surface area contributed by atoms with Crippen molar-refractivity contribution in [2.24, 2.45) is 11.7 Å². The Bertz CT molecular complexity index is 865. The molecule has 0 unspecified atom stereocenters. The summed E-state index contributed by atoms with van der Waals surface area (Å²) >= 11 is 0. The molecule has 1 aromatic carbocycles. The fourth-order valence-corrected chi connectivity index (χ4v) is 3.38. The SMILES string of the molecule is Cc1cc(F)cc(-c2cncc(-c3ncc[nH]3)c2N2CC(CN)C2)c1. The van der Waals surface area contributed by atoms with Crippen molar-refractivity contribution < 1.29 is 4.39 Å². The number of aromatic amines is 1. The van der Waals surface area contributed by atoms with Gasteiger partial charge in [-0.3, -0.25) is 4.98 Å². The van der Waals surface area contributed by atoms with E-state index >= 15 is 0 Å².